The second kappa shape index (κ2) is 3.21. The molecular formula is C10H7F2N2. The molecule has 0 saturated carbocycles. The van der Waals surface area contributed by atoms with E-state index < -0.39 is 11.6 Å². The number of aromatic nitrogens is 2. The first kappa shape index (κ1) is 8.87. The third kappa shape index (κ3) is 1.64. The summed E-state index contributed by atoms with van der Waals surface area (Å²) in [5, 5.41) is 0. The lowest BCUT2D eigenvalue weighted by Crippen LogP contribution is -1.85. The lowest BCUT2D eigenvalue weighted by molar-refractivity contribution is 0.584. The highest BCUT2D eigenvalue weighted by Gasteiger charge is 2.05. The highest BCUT2D eigenvalue weighted by atomic mass is 19.1. The first-order chi connectivity index (χ1) is 6.65. The molecule has 0 aliphatic heterocycles. The standard InChI is InChI=1S/C10H7F2N2/c1-6-5-13-10(14-6)7-2-8(11)4-9(12)3-7/h2-4H,1H3,(H,13,14). The average molecular weight is 193 g/mol. The minimum Gasteiger partial charge on any atom is -0.341 e. The minimum absolute atomic E-state index is 0.381. The summed E-state index contributed by atoms with van der Waals surface area (Å²) in [7, 11) is 0. The molecule has 0 amide bonds. The van der Waals surface area contributed by atoms with Gasteiger partial charge in [0.2, 0.25) is 0 Å². The van der Waals surface area contributed by atoms with Crippen LogP contribution >= 0.6 is 0 Å². The largest absolute Gasteiger partial charge is 0.341 e. The van der Waals surface area contributed by atoms with Gasteiger partial charge in [-0.1, -0.05) is 0 Å². The van der Waals surface area contributed by atoms with Crippen LogP contribution in [0, 0.1) is 24.8 Å². The molecule has 71 valence electrons. The Hall–Kier alpha value is -1.71. The van der Waals surface area contributed by atoms with Crippen molar-refractivity contribution < 1.29 is 8.78 Å². The topological polar surface area (TPSA) is 28.7 Å². The van der Waals surface area contributed by atoms with E-state index in [2.05, 4.69) is 16.2 Å². The Labute approximate surface area is 79.6 Å². The van der Waals surface area contributed by atoms with Crippen LogP contribution in [0.4, 0.5) is 8.78 Å². The van der Waals surface area contributed by atoms with Crippen LogP contribution in [-0.4, -0.2) is 9.97 Å². The minimum atomic E-state index is -0.617. The molecule has 14 heavy (non-hydrogen) atoms. The van der Waals surface area contributed by atoms with Crippen LogP contribution in [0.5, 0.6) is 0 Å². The van der Waals surface area contributed by atoms with E-state index in [1.165, 1.54) is 12.1 Å². The van der Waals surface area contributed by atoms with E-state index in [0.29, 0.717) is 11.4 Å². The van der Waals surface area contributed by atoms with Crippen molar-refractivity contribution in [2.75, 3.05) is 0 Å². The van der Waals surface area contributed by atoms with Crippen molar-refractivity contribution in [2.24, 2.45) is 0 Å². The van der Waals surface area contributed by atoms with Crippen molar-refractivity contribution >= 4 is 0 Å². The Balaban J connectivity index is 2.51. The van der Waals surface area contributed by atoms with Gasteiger partial charge in [0.05, 0.1) is 0 Å². The van der Waals surface area contributed by atoms with E-state index in [4.69, 9.17) is 0 Å². The fourth-order valence-electron chi connectivity index (χ4n) is 1.20. The number of hydrogen-bond donors (Lipinski definition) is 1. The Morgan fingerprint density at radius 1 is 1.21 bits per heavy atom. The number of imidazole rings is 1. The van der Waals surface area contributed by atoms with Crippen LogP contribution in [0.2, 0.25) is 0 Å². The van der Waals surface area contributed by atoms with E-state index in [-0.39, 0.29) is 0 Å². The Kier molecular flexibility index (Phi) is 2.04. The third-order valence-corrected chi connectivity index (χ3v) is 1.78. The zero-order chi connectivity index (χ0) is 10.1. The molecule has 0 spiro atoms. The molecule has 4 heteroatoms. The summed E-state index contributed by atoms with van der Waals surface area (Å²) < 4.78 is 25.7. The van der Waals surface area contributed by atoms with Gasteiger partial charge in [0.15, 0.2) is 0 Å². The molecular weight excluding hydrogens is 186 g/mol. The fourth-order valence-corrected chi connectivity index (χ4v) is 1.20. The molecule has 0 unspecified atom stereocenters. The molecule has 0 aliphatic rings. The summed E-state index contributed by atoms with van der Waals surface area (Å²) in [4.78, 5) is 6.70. The van der Waals surface area contributed by atoms with Gasteiger partial charge in [-0.25, -0.2) is 13.8 Å². The Morgan fingerprint density at radius 2 is 1.86 bits per heavy atom. The second-order valence-electron chi connectivity index (χ2n) is 2.98. The zero-order valence-electron chi connectivity index (χ0n) is 7.44. The fraction of sp³-hybridized carbons (Fsp3) is 0.100. The van der Waals surface area contributed by atoms with Crippen LogP contribution in [-0.2, 0) is 0 Å². The highest BCUT2D eigenvalue weighted by Crippen LogP contribution is 2.18. The van der Waals surface area contributed by atoms with E-state index in [0.717, 1.165) is 11.8 Å². The Morgan fingerprint density at radius 3 is 2.36 bits per heavy atom. The van der Waals surface area contributed by atoms with E-state index in [1.807, 2.05) is 0 Å². The van der Waals surface area contributed by atoms with Crippen molar-refractivity contribution in [3.63, 3.8) is 0 Å². The highest BCUT2D eigenvalue weighted by molar-refractivity contribution is 5.55. The van der Waals surface area contributed by atoms with Gasteiger partial charge in [0, 0.05) is 17.3 Å². The number of nitrogens with one attached hydrogen (secondary N) is 1. The first-order valence-electron chi connectivity index (χ1n) is 4.06. The number of halogens is 2. The number of aryl methyl sites for hydroxylation is 1. The number of H-pyrrole nitrogens is 1. The second-order valence-corrected chi connectivity index (χ2v) is 2.98. The molecule has 0 saturated heterocycles. The monoisotopic (exact) mass is 193 g/mol. The normalized spacial score (nSPS) is 10.5. The van der Waals surface area contributed by atoms with Gasteiger partial charge >= 0.3 is 0 Å². The molecule has 1 N–H and O–H groups in total. The van der Waals surface area contributed by atoms with E-state index in [9.17, 15) is 8.78 Å². The summed E-state index contributed by atoms with van der Waals surface area (Å²) in [5.41, 5.74) is 1.11. The van der Waals surface area contributed by atoms with Crippen LogP contribution in [0.1, 0.15) is 5.69 Å². The molecule has 2 nitrogen and oxygen atoms in total. The van der Waals surface area contributed by atoms with Crippen LogP contribution in [0.3, 0.4) is 0 Å². The van der Waals surface area contributed by atoms with E-state index >= 15 is 0 Å². The summed E-state index contributed by atoms with van der Waals surface area (Å²) in [6.45, 7) is 1.77. The predicted octanol–water partition coefficient (Wildman–Crippen LogP) is 2.46. The molecule has 1 heterocycles. The third-order valence-electron chi connectivity index (χ3n) is 1.78. The molecule has 0 atom stereocenters. The first-order valence-corrected chi connectivity index (χ1v) is 4.06. The van der Waals surface area contributed by atoms with Gasteiger partial charge in [-0.2, -0.15) is 0 Å². The van der Waals surface area contributed by atoms with Gasteiger partial charge in [-0.15, -0.1) is 0 Å². The van der Waals surface area contributed by atoms with Crippen LogP contribution < -0.4 is 0 Å². The molecule has 2 rings (SSSR count). The Bertz CT molecular complexity index is 443. The van der Waals surface area contributed by atoms with Crippen molar-refractivity contribution in [3.8, 4) is 11.4 Å². The maximum atomic E-state index is 12.8. The molecule has 2 aromatic rings. The summed E-state index contributed by atoms with van der Waals surface area (Å²) in [6, 6.07) is 3.26. The number of aromatic amines is 1. The number of nitrogens with zero attached hydrogens (tertiary/aromatic N) is 1. The molecule has 1 aromatic carbocycles. The number of hydrogen-bond acceptors (Lipinski definition) is 1. The molecule has 1 aromatic heterocycles. The van der Waals surface area contributed by atoms with Crippen molar-refractivity contribution in [3.05, 3.63) is 41.7 Å². The van der Waals surface area contributed by atoms with Gasteiger partial charge in [-0.05, 0) is 19.1 Å². The lowest BCUT2D eigenvalue weighted by atomic mass is 10.2. The van der Waals surface area contributed by atoms with Gasteiger partial charge in [0.1, 0.15) is 23.7 Å². The molecule has 0 aliphatic carbocycles. The van der Waals surface area contributed by atoms with Gasteiger partial charge in [0.25, 0.3) is 0 Å². The van der Waals surface area contributed by atoms with E-state index in [1.54, 1.807) is 6.92 Å². The van der Waals surface area contributed by atoms with Crippen molar-refractivity contribution in [2.45, 2.75) is 6.92 Å². The van der Waals surface area contributed by atoms with Crippen LogP contribution in [0.25, 0.3) is 11.4 Å². The average Bonchev–Trinajstić information content (AvgIpc) is 2.50. The molecule has 0 bridgehead atoms. The maximum absolute atomic E-state index is 12.8. The van der Waals surface area contributed by atoms with Crippen molar-refractivity contribution in [1.29, 1.82) is 0 Å². The predicted molar refractivity (Wildman–Crippen MR) is 47.5 cm³/mol. The lowest BCUT2D eigenvalue weighted by Gasteiger charge is -1.97. The zero-order valence-corrected chi connectivity index (χ0v) is 7.44. The summed E-state index contributed by atoms with van der Waals surface area (Å²) in [6.07, 6.45) is 2.66. The summed E-state index contributed by atoms with van der Waals surface area (Å²) in [5.74, 6) is -0.816. The quantitative estimate of drug-likeness (QED) is 0.740. The summed E-state index contributed by atoms with van der Waals surface area (Å²) >= 11 is 0. The number of benzene rings is 1. The van der Waals surface area contributed by atoms with Gasteiger partial charge in [-0.3, -0.25) is 0 Å². The SMILES string of the molecule is Cc1[c]nc(-c2cc(F)cc(F)c2)[nH]1. The number of rotatable bonds is 1. The molecule has 0 fully saturated rings. The smallest absolute Gasteiger partial charge is 0.138 e. The van der Waals surface area contributed by atoms with Crippen LogP contribution in [0.15, 0.2) is 18.2 Å². The molecule has 1 radical (unpaired) electrons. The van der Waals surface area contributed by atoms with Gasteiger partial charge < -0.3 is 4.98 Å². The van der Waals surface area contributed by atoms with Crippen molar-refractivity contribution in [1.82, 2.24) is 9.97 Å². The maximum Gasteiger partial charge on any atom is 0.138 e.